The van der Waals surface area contributed by atoms with Crippen LogP contribution in [0.25, 0.3) is 0 Å². The normalized spacial score (nSPS) is 10.6. The average molecular weight is 297 g/mol. The van der Waals surface area contributed by atoms with Crippen molar-refractivity contribution < 1.29 is 4.79 Å². The molecule has 0 aliphatic carbocycles. The highest BCUT2D eigenvalue weighted by molar-refractivity contribution is 7.99. The van der Waals surface area contributed by atoms with Crippen LogP contribution in [0.2, 0.25) is 0 Å². The number of hydrogen-bond acceptors (Lipinski definition) is 6. The molecule has 0 unspecified atom stereocenters. The van der Waals surface area contributed by atoms with Crippen molar-refractivity contribution >= 4 is 29.0 Å². The molecule has 1 N–H and O–H groups in total. The number of tetrazole rings is 1. The number of carbonyl (C=O) groups excluding carboxylic acids is 1. The molecule has 0 saturated carbocycles. The van der Waals surface area contributed by atoms with Gasteiger partial charge in [-0.2, -0.15) is 0 Å². The summed E-state index contributed by atoms with van der Waals surface area (Å²) in [6.07, 6.45) is 0.876. The van der Waals surface area contributed by atoms with Gasteiger partial charge in [0.25, 0.3) is 0 Å². The summed E-state index contributed by atoms with van der Waals surface area (Å²) in [5, 5.41) is 16.9. The van der Waals surface area contributed by atoms with Crippen LogP contribution in [0.15, 0.2) is 22.7 Å². The number of rotatable bonds is 7. The predicted octanol–water partition coefficient (Wildman–Crippen LogP) is 1.21. The van der Waals surface area contributed by atoms with E-state index in [-0.39, 0.29) is 5.91 Å². The Kier molecular flexibility index (Phi) is 5.34. The van der Waals surface area contributed by atoms with Crippen LogP contribution in [0.3, 0.4) is 0 Å². The number of aromatic nitrogens is 4. The first-order valence-corrected chi connectivity index (χ1v) is 7.84. The molecule has 0 radical (unpaired) electrons. The van der Waals surface area contributed by atoms with Crippen molar-refractivity contribution in [3.8, 4) is 0 Å². The lowest BCUT2D eigenvalue weighted by atomic mass is 10.3. The van der Waals surface area contributed by atoms with Gasteiger partial charge in [-0.3, -0.25) is 4.79 Å². The monoisotopic (exact) mass is 297 g/mol. The molecule has 102 valence electrons. The van der Waals surface area contributed by atoms with Crippen molar-refractivity contribution in [1.29, 1.82) is 0 Å². The fourth-order valence-corrected chi connectivity index (χ4v) is 2.94. The van der Waals surface area contributed by atoms with Crippen LogP contribution < -0.4 is 5.32 Å². The molecule has 19 heavy (non-hydrogen) atoms. The predicted molar refractivity (Wildman–Crippen MR) is 75.2 cm³/mol. The van der Waals surface area contributed by atoms with Gasteiger partial charge in [0, 0.05) is 18.0 Å². The molecule has 2 aromatic rings. The largest absolute Gasteiger partial charge is 0.355 e. The maximum Gasteiger partial charge on any atom is 0.230 e. The second-order valence-electron chi connectivity index (χ2n) is 3.75. The molecular weight excluding hydrogens is 282 g/mol. The number of hydrogen-bond donors (Lipinski definition) is 1. The Bertz CT molecular complexity index is 511. The molecule has 2 rings (SSSR count). The van der Waals surface area contributed by atoms with Crippen LogP contribution in [-0.4, -0.2) is 38.4 Å². The van der Waals surface area contributed by atoms with Gasteiger partial charge in [-0.1, -0.05) is 17.8 Å². The molecule has 0 aliphatic heterocycles. The van der Waals surface area contributed by atoms with Crippen LogP contribution in [0.1, 0.15) is 11.8 Å². The quantitative estimate of drug-likeness (QED) is 0.778. The van der Waals surface area contributed by atoms with Gasteiger partial charge in [0.2, 0.25) is 11.1 Å². The number of carbonyl (C=O) groups is 1. The molecule has 0 spiro atoms. The second kappa shape index (κ2) is 7.25. The molecule has 0 aromatic carbocycles. The van der Waals surface area contributed by atoms with E-state index in [1.54, 1.807) is 16.0 Å². The van der Waals surface area contributed by atoms with Crippen molar-refractivity contribution in [2.45, 2.75) is 25.0 Å². The third-order valence-electron chi connectivity index (χ3n) is 2.40. The minimum absolute atomic E-state index is 0.00668. The highest BCUT2D eigenvalue weighted by Crippen LogP contribution is 2.12. The standard InChI is InChI=1S/C11H15N5OS2/c1-2-16-11(13-14-15-16)19-8-10(17)12-6-5-9-4-3-7-18-9/h3-4,7H,2,5-6,8H2,1H3,(H,12,17). The molecule has 6 nitrogen and oxygen atoms in total. The van der Waals surface area contributed by atoms with Crippen molar-refractivity contribution in [2.24, 2.45) is 0 Å². The maximum absolute atomic E-state index is 11.7. The average Bonchev–Trinajstić information content (AvgIpc) is 3.07. The van der Waals surface area contributed by atoms with Gasteiger partial charge in [-0.15, -0.1) is 16.4 Å². The van der Waals surface area contributed by atoms with Crippen molar-refractivity contribution in [2.75, 3.05) is 12.3 Å². The van der Waals surface area contributed by atoms with E-state index >= 15 is 0 Å². The number of thioether (sulfide) groups is 1. The molecule has 0 saturated heterocycles. The Hall–Kier alpha value is -1.41. The summed E-state index contributed by atoms with van der Waals surface area (Å²) in [5.74, 6) is 0.345. The van der Waals surface area contributed by atoms with E-state index in [2.05, 4.69) is 26.9 Å². The van der Waals surface area contributed by atoms with Crippen molar-refractivity contribution in [3.63, 3.8) is 0 Å². The van der Waals surface area contributed by atoms with Crippen LogP contribution in [0.4, 0.5) is 0 Å². The molecule has 0 fully saturated rings. The van der Waals surface area contributed by atoms with E-state index in [0.717, 1.165) is 6.42 Å². The zero-order chi connectivity index (χ0) is 13.5. The lowest BCUT2D eigenvalue weighted by molar-refractivity contribution is -0.118. The molecule has 0 aliphatic rings. The Morgan fingerprint density at radius 1 is 1.58 bits per heavy atom. The summed E-state index contributed by atoms with van der Waals surface area (Å²) in [7, 11) is 0. The summed E-state index contributed by atoms with van der Waals surface area (Å²) in [4.78, 5) is 12.9. The first kappa shape index (κ1) is 14.0. The third-order valence-corrected chi connectivity index (χ3v) is 4.30. The van der Waals surface area contributed by atoms with E-state index in [1.165, 1.54) is 16.6 Å². The summed E-state index contributed by atoms with van der Waals surface area (Å²) in [5.41, 5.74) is 0. The lowest BCUT2D eigenvalue weighted by Gasteiger charge is -2.04. The Morgan fingerprint density at radius 3 is 3.21 bits per heavy atom. The zero-order valence-electron chi connectivity index (χ0n) is 10.6. The fourth-order valence-electron chi connectivity index (χ4n) is 1.46. The Labute approximate surface area is 119 Å². The summed E-state index contributed by atoms with van der Waals surface area (Å²) < 4.78 is 1.67. The van der Waals surface area contributed by atoms with Gasteiger partial charge in [-0.05, 0) is 35.2 Å². The summed E-state index contributed by atoms with van der Waals surface area (Å²) in [6.45, 7) is 3.33. The Morgan fingerprint density at radius 2 is 2.47 bits per heavy atom. The van der Waals surface area contributed by atoms with Crippen LogP contribution in [0, 0.1) is 0 Å². The Balaban J connectivity index is 1.67. The van der Waals surface area contributed by atoms with Crippen LogP contribution >= 0.6 is 23.1 Å². The smallest absolute Gasteiger partial charge is 0.230 e. The van der Waals surface area contributed by atoms with Crippen molar-refractivity contribution in [3.05, 3.63) is 22.4 Å². The highest BCUT2D eigenvalue weighted by atomic mass is 32.2. The number of aryl methyl sites for hydroxylation is 1. The van der Waals surface area contributed by atoms with Gasteiger partial charge in [0.15, 0.2) is 0 Å². The molecule has 1 amide bonds. The molecule has 0 atom stereocenters. The van der Waals surface area contributed by atoms with Crippen LogP contribution in [0.5, 0.6) is 0 Å². The van der Waals surface area contributed by atoms with Gasteiger partial charge < -0.3 is 5.32 Å². The van der Waals surface area contributed by atoms with E-state index in [4.69, 9.17) is 0 Å². The lowest BCUT2D eigenvalue weighted by Crippen LogP contribution is -2.27. The highest BCUT2D eigenvalue weighted by Gasteiger charge is 2.08. The third kappa shape index (κ3) is 4.32. The van der Waals surface area contributed by atoms with Crippen LogP contribution in [-0.2, 0) is 17.8 Å². The maximum atomic E-state index is 11.7. The number of nitrogens with one attached hydrogen (secondary N) is 1. The van der Waals surface area contributed by atoms with Crippen molar-refractivity contribution in [1.82, 2.24) is 25.5 Å². The van der Waals surface area contributed by atoms with E-state index < -0.39 is 0 Å². The topological polar surface area (TPSA) is 72.7 Å². The first-order chi connectivity index (χ1) is 9.29. The summed E-state index contributed by atoms with van der Waals surface area (Å²) in [6, 6.07) is 4.09. The molecule has 8 heteroatoms. The molecule has 0 bridgehead atoms. The zero-order valence-corrected chi connectivity index (χ0v) is 12.2. The number of nitrogens with zero attached hydrogens (tertiary/aromatic N) is 4. The second-order valence-corrected chi connectivity index (χ2v) is 5.72. The molecular formula is C11H15N5OS2. The minimum Gasteiger partial charge on any atom is -0.355 e. The summed E-state index contributed by atoms with van der Waals surface area (Å²) >= 11 is 3.06. The van der Waals surface area contributed by atoms with Gasteiger partial charge in [0.1, 0.15) is 0 Å². The van der Waals surface area contributed by atoms with E-state index in [0.29, 0.717) is 24.0 Å². The van der Waals surface area contributed by atoms with Gasteiger partial charge in [0.05, 0.1) is 5.75 Å². The molecule has 2 aromatic heterocycles. The number of thiophene rings is 1. The van der Waals surface area contributed by atoms with Gasteiger partial charge in [-0.25, -0.2) is 4.68 Å². The first-order valence-electron chi connectivity index (χ1n) is 5.97. The fraction of sp³-hybridized carbons (Fsp3) is 0.455. The molecule has 2 heterocycles. The minimum atomic E-state index is 0.00668. The van der Waals surface area contributed by atoms with E-state index in [9.17, 15) is 4.79 Å². The van der Waals surface area contributed by atoms with E-state index in [1.807, 2.05) is 18.4 Å². The SMILES string of the molecule is CCn1nnnc1SCC(=O)NCCc1cccs1. The number of amides is 1. The van der Waals surface area contributed by atoms with Gasteiger partial charge >= 0.3 is 0 Å².